The number of sulfonamides is 1. The first-order valence-corrected chi connectivity index (χ1v) is 12.1. The van der Waals surface area contributed by atoms with Gasteiger partial charge >= 0.3 is 0 Å². The van der Waals surface area contributed by atoms with Gasteiger partial charge in [0.1, 0.15) is 5.70 Å². The van der Waals surface area contributed by atoms with Crippen LogP contribution >= 0.6 is 15.9 Å². The molecule has 0 radical (unpaired) electrons. The molecule has 0 aliphatic heterocycles. The number of carbonyl (C=O) groups is 2. The van der Waals surface area contributed by atoms with E-state index in [4.69, 9.17) is 10.9 Å². The maximum atomic E-state index is 12.9. The topological polar surface area (TPSA) is 157 Å². The lowest BCUT2D eigenvalue weighted by atomic mass is 10.1. The molecule has 3 rings (SSSR count). The second-order valence-corrected chi connectivity index (χ2v) is 9.40. The predicted octanol–water partition coefficient (Wildman–Crippen LogP) is 2.63. The average molecular weight is 542 g/mol. The molecule has 0 fully saturated rings. The van der Waals surface area contributed by atoms with E-state index in [9.17, 15) is 18.0 Å². The number of hydrogen-bond donors (Lipinski definition) is 4. The zero-order valence-corrected chi connectivity index (χ0v) is 20.0. The van der Waals surface area contributed by atoms with Gasteiger partial charge in [0.15, 0.2) is 0 Å². The van der Waals surface area contributed by atoms with Gasteiger partial charge in [0.2, 0.25) is 16.0 Å². The largest absolute Gasteiger partial charge is 0.369 e. The van der Waals surface area contributed by atoms with Gasteiger partial charge in [-0.15, -0.1) is 0 Å². The Kier molecular flexibility index (Phi) is 7.95. The molecule has 0 spiro atoms. The van der Waals surface area contributed by atoms with Crippen LogP contribution < -0.4 is 21.5 Å². The molecular weight excluding hydrogens is 522 g/mol. The number of benzene rings is 3. The summed E-state index contributed by atoms with van der Waals surface area (Å²) in [5.74, 6) is -1.44. The summed E-state index contributed by atoms with van der Waals surface area (Å²) in [6.45, 7) is 0. The molecule has 9 nitrogen and oxygen atoms in total. The number of aliphatic imine (C=N–C) groups is 1. The second-order valence-electron chi connectivity index (χ2n) is 6.92. The molecule has 0 heterocycles. The molecule has 0 bridgehead atoms. The Bertz CT molecular complexity index is 1370. The molecule has 0 aliphatic carbocycles. The number of nitrogens with zero attached hydrogens (tertiary/aromatic N) is 1. The van der Waals surface area contributed by atoms with Gasteiger partial charge in [-0.3, -0.25) is 14.9 Å². The normalized spacial score (nSPS) is 12.2. The summed E-state index contributed by atoms with van der Waals surface area (Å²) in [5.41, 5.74) is 7.11. The predicted molar refractivity (Wildman–Crippen MR) is 133 cm³/mol. The SMILES string of the molecule is NC(=Nc1ccc(S(N)(=O)=O)cc1)NC(=O)/C(=C/c1cccc(Br)c1)NC(=O)c1ccccc1. The van der Waals surface area contributed by atoms with Gasteiger partial charge in [0.05, 0.1) is 10.6 Å². The first kappa shape index (κ1) is 24.8. The standard InChI is InChI=1S/C23H20BrN5O4S/c24-17-8-4-5-15(13-17)14-20(28-21(30)16-6-2-1-3-7-16)22(31)29-23(25)27-18-9-11-19(12-10-18)34(26,32)33/h1-14H,(H,28,30)(H2,26,32,33)(H3,25,27,29,31)/b20-14-. The molecule has 0 atom stereocenters. The highest BCUT2D eigenvalue weighted by molar-refractivity contribution is 9.10. The highest BCUT2D eigenvalue weighted by Gasteiger charge is 2.16. The smallest absolute Gasteiger partial charge is 0.274 e. The lowest BCUT2D eigenvalue weighted by molar-refractivity contribution is -0.116. The van der Waals surface area contributed by atoms with Crippen LogP contribution in [-0.4, -0.2) is 26.2 Å². The number of nitrogens with two attached hydrogens (primary N) is 2. The van der Waals surface area contributed by atoms with Gasteiger partial charge < -0.3 is 11.1 Å². The number of halogens is 1. The van der Waals surface area contributed by atoms with Crippen LogP contribution in [0.4, 0.5) is 5.69 Å². The summed E-state index contributed by atoms with van der Waals surface area (Å²) in [7, 11) is -3.85. The van der Waals surface area contributed by atoms with E-state index in [-0.39, 0.29) is 22.2 Å². The number of nitrogens with one attached hydrogen (secondary N) is 2. The van der Waals surface area contributed by atoms with Crippen LogP contribution in [-0.2, 0) is 14.8 Å². The average Bonchev–Trinajstić information content (AvgIpc) is 2.79. The second kappa shape index (κ2) is 10.9. The Balaban J connectivity index is 1.84. The molecule has 2 amide bonds. The summed E-state index contributed by atoms with van der Waals surface area (Å²) < 4.78 is 23.5. The molecule has 0 saturated heterocycles. The number of amides is 2. The van der Waals surface area contributed by atoms with E-state index < -0.39 is 21.8 Å². The van der Waals surface area contributed by atoms with Gasteiger partial charge in [-0.05, 0) is 60.2 Å². The van der Waals surface area contributed by atoms with Crippen LogP contribution in [0.2, 0.25) is 0 Å². The van der Waals surface area contributed by atoms with Gasteiger partial charge in [-0.1, -0.05) is 46.3 Å². The summed E-state index contributed by atoms with van der Waals surface area (Å²) >= 11 is 3.37. The highest BCUT2D eigenvalue weighted by Crippen LogP contribution is 2.16. The Hall–Kier alpha value is -3.80. The van der Waals surface area contributed by atoms with E-state index in [1.807, 2.05) is 6.07 Å². The molecule has 3 aromatic rings. The van der Waals surface area contributed by atoms with E-state index in [0.29, 0.717) is 11.1 Å². The first-order chi connectivity index (χ1) is 16.1. The molecule has 3 aromatic carbocycles. The molecule has 34 heavy (non-hydrogen) atoms. The minimum absolute atomic E-state index is 0.0605. The van der Waals surface area contributed by atoms with Crippen molar-refractivity contribution in [2.24, 2.45) is 15.9 Å². The monoisotopic (exact) mass is 541 g/mol. The molecular formula is C23H20BrN5O4S. The quantitative estimate of drug-likeness (QED) is 0.214. The summed E-state index contributed by atoms with van der Waals surface area (Å²) in [4.78, 5) is 29.5. The van der Waals surface area contributed by atoms with Crippen LogP contribution in [0.25, 0.3) is 6.08 Å². The Labute approximate surface area is 204 Å². The summed E-state index contributed by atoms with van der Waals surface area (Å²) in [5, 5.41) is 10.1. The van der Waals surface area contributed by atoms with E-state index in [2.05, 4.69) is 31.6 Å². The molecule has 0 unspecified atom stereocenters. The third-order valence-electron chi connectivity index (χ3n) is 4.34. The van der Waals surface area contributed by atoms with Crippen molar-refractivity contribution >= 4 is 55.5 Å². The number of hydrogen-bond acceptors (Lipinski definition) is 5. The molecule has 174 valence electrons. The number of rotatable bonds is 6. The van der Waals surface area contributed by atoms with Crippen molar-refractivity contribution < 1.29 is 18.0 Å². The van der Waals surface area contributed by atoms with Crippen molar-refractivity contribution in [1.29, 1.82) is 0 Å². The van der Waals surface area contributed by atoms with Crippen LogP contribution in [0.5, 0.6) is 0 Å². The minimum atomic E-state index is -3.85. The lowest BCUT2D eigenvalue weighted by Gasteiger charge is -2.11. The van der Waals surface area contributed by atoms with Crippen molar-refractivity contribution in [2.45, 2.75) is 4.90 Å². The van der Waals surface area contributed by atoms with Crippen molar-refractivity contribution in [2.75, 3.05) is 0 Å². The van der Waals surface area contributed by atoms with Gasteiger partial charge in [0.25, 0.3) is 11.8 Å². The molecule has 6 N–H and O–H groups in total. The third kappa shape index (κ3) is 7.10. The Morgan fingerprint density at radius 1 is 0.912 bits per heavy atom. The fourth-order valence-electron chi connectivity index (χ4n) is 2.77. The highest BCUT2D eigenvalue weighted by atomic mass is 79.9. The van der Waals surface area contributed by atoms with Crippen LogP contribution in [0, 0.1) is 0 Å². The molecule has 0 aliphatic rings. The molecule has 0 aromatic heterocycles. The summed E-state index contributed by atoms with van der Waals surface area (Å²) in [6, 6.07) is 20.9. The number of carbonyl (C=O) groups excluding carboxylic acids is 2. The van der Waals surface area contributed by atoms with Gasteiger partial charge in [-0.2, -0.15) is 0 Å². The Morgan fingerprint density at radius 3 is 2.21 bits per heavy atom. The maximum absolute atomic E-state index is 12.9. The van der Waals surface area contributed by atoms with Crippen LogP contribution in [0.3, 0.4) is 0 Å². The van der Waals surface area contributed by atoms with Crippen molar-refractivity contribution in [1.82, 2.24) is 10.6 Å². The summed E-state index contributed by atoms with van der Waals surface area (Å²) in [6.07, 6.45) is 1.50. The van der Waals surface area contributed by atoms with E-state index >= 15 is 0 Å². The van der Waals surface area contributed by atoms with Crippen molar-refractivity contribution in [3.63, 3.8) is 0 Å². The van der Waals surface area contributed by atoms with E-state index in [0.717, 1.165) is 4.47 Å². The zero-order valence-electron chi connectivity index (χ0n) is 17.6. The molecule has 11 heteroatoms. The van der Waals surface area contributed by atoms with Gasteiger partial charge in [-0.25, -0.2) is 18.5 Å². The Morgan fingerprint density at radius 2 is 1.59 bits per heavy atom. The van der Waals surface area contributed by atoms with E-state index in [1.54, 1.807) is 48.5 Å². The van der Waals surface area contributed by atoms with Crippen LogP contribution in [0.1, 0.15) is 15.9 Å². The van der Waals surface area contributed by atoms with E-state index in [1.165, 1.54) is 30.3 Å². The number of primary sulfonamides is 1. The lowest BCUT2D eigenvalue weighted by Crippen LogP contribution is -2.41. The third-order valence-corrected chi connectivity index (χ3v) is 5.77. The maximum Gasteiger partial charge on any atom is 0.274 e. The number of guanidine groups is 1. The van der Waals surface area contributed by atoms with Crippen LogP contribution in [0.15, 0.2) is 98.9 Å². The first-order valence-electron chi connectivity index (χ1n) is 9.74. The molecule has 0 saturated carbocycles. The fraction of sp³-hybridized carbons (Fsp3) is 0. The fourth-order valence-corrected chi connectivity index (χ4v) is 3.70. The zero-order chi connectivity index (χ0) is 24.7. The minimum Gasteiger partial charge on any atom is -0.369 e. The van der Waals surface area contributed by atoms with Crippen molar-refractivity contribution in [3.05, 3.63) is 100 Å². The van der Waals surface area contributed by atoms with Crippen molar-refractivity contribution in [3.8, 4) is 0 Å². The van der Waals surface area contributed by atoms with Gasteiger partial charge in [0, 0.05) is 10.0 Å².